The second-order valence-electron chi connectivity index (χ2n) is 7.51. The predicted molar refractivity (Wildman–Crippen MR) is 102 cm³/mol. The summed E-state index contributed by atoms with van der Waals surface area (Å²) >= 11 is 0. The van der Waals surface area contributed by atoms with E-state index in [9.17, 15) is 13.6 Å². The van der Waals surface area contributed by atoms with Gasteiger partial charge in [0.25, 0.3) is 0 Å². The van der Waals surface area contributed by atoms with Crippen LogP contribution in [0.1, 0.15) is 30.4 Å². The quantitative estimate of drug-likeness (QED) is 0.678. The van der Waals surface area contributed by atoms with Gasteiger partial charge in [-0.2, -0.15) is 5.10 Å². The molecule has 3 N–H and O–H groups in total. The van der Waals surface area contributed by atoms with E-state index in [0.717, 1.165) is 36.5 Å². The van der Waals surface area contributed by atoms with Crippen LogP contribution < -0.4 is 11.1 Å². The maximum Gasteiger partial charge on any atom is 0.235 e. The summed E-state index contributed by atoms with van der Waals surface area (Å²) in [6.45, 7) is 0.191. The molecule has 1 aromatic heterocycles. The van der Waals surface area contributed by atoms with Crippen LogP contribution in [0.15, 0.2) is 42.6 Å². The average molecular weight is 380 g/mol. The molecule has 5 nitrogen and oxygen atoms in total. The van der Waals surface area contributed by atoms with Crippen molar-refractivity contribution in [1.29, 1.82) is 0 Å². The number of carbonyl (C=O) groups is 1. The van der Waals surface area contributed by atoms with E-state index < -0.39 is 17.0 Å². The minimum atomic E-state index is -0.607. The number of nitrogens with two attached hydrogens (primary N) is 1. The van der Waals surface area contributed by atoms with E-state index in [1.807, 2.05) is 12.1 Å². The molecule has 1 aliphatic heterocycles. The number of amides is 1. The van der Waals surface area contributed by atoms with Gasteiger partial charge in [-0.3, -0.25) is 9.48 Å². The lowest BCUT2D eigenvalue weighted by Crippen LogP contribution is -2.40. The Balaban J connectivity index is 1.48. The molecular formula is C21H18F2N4O. The number of carbonyl (C=O) groups excluding carboxylic acids is 1. The van der Waals surface area contributed by atoms with Gasteiger partial charge >= 0.3 is 0 Å². The Bertz CT molecular complexity index is 1120. The molecule has 3 aromatic rings. The number of hydrogen-bond donors (Lipinski definition) is 2. The monoisotopic (exact) mass is 380 g/mol. The lowest BCUT2D eigenvalue weighted by Gasteiger charge is -2.36. The van der Waals surface area contributed by atoms with Crippen LogP contribution in [0.25, 0.3) is 11.3 Å². The lowest BCUT2D eigenvalue weighted by molar-refractivity contribution is -0.123. The third-order valence-electron chi connectivity index (χ3n) is 5.85. The highest BCUT2D eigenvalue weighted by Crippen LogP contribution is 2.53. The van der Waals surface area contributed by atoms with Crippen molar-refractivity contribution in [2.75, 3.05) is 11.1 Å². The Hall–Kier alpha value is -3.22. The number of aromatic nitrogens is 2. The van der Waals surface area contributed by atoms with Crippen LogP contribution in [0, 0.1) is 11.6 Å². The molecule has 0 bridgehead atoms. The molecule has 1 aliphatic carbocycles. The van der Waals surface area contributed by atoms with E-state index in [-0.39, 0.29) is 12.5 Å². The fourth-order valence-corrected chi connectivity index (χ4v) is 4.14. The number of fused-ring (bicyclic) bond motifs is 2. The summed E-state index contributed by atoms with van der Waals surface area (Å²) < 4.78 is 28.6. The maximum absolute atomic E-state index is 13.9. The first-order chi connectivity index (χ1) is 13.5. The summed E-state index contributed by atoms with van der Waals surface area (Å²) in [5.41, 5.74) is 9.77. The average Bonchev–Trinajstić information content (AvgIpc) is 3.19. The SMILES string of the molecule is Nc1cc(-c2ccn(Cc3ccc(F)cc3F)n2)cc2c1NC(=O)C21CCC1. The second kappa shape index (κ2) is 5.89. The number of nitrogens with zero attached hydrogens (tertiary/aromatic N) is 2. The molecule has 0 unspecified atom stereocenters. The van der Waals surface area contributed by atoms with E-state index in [0.29, 0.717) is 22.6 Å². The zero-order valence-electron chi connectivity index (χ0n) is 15.0. The first-order valence-corrected chi connectivity index (χ1v) is 9.19. The molecule has 1 fully saturated rings. The minimum absolute atomic E-state index is 0.0231. The Morgan fingerprint density at radius 2 is 2.00 bits per heavy atom. The van der Waals surface area contributed by atoms with Gasteiger partial charge < -0.3 is 11.1 Å². The summed E-state index contributed by atoms with van der Waals surface area (Å²) in [7, 11) is 0. The van der Waals surface area contributed by atoms with Crippen LogP contribution in [-0.2, 0) is 16.8 Å². The van der Waals surface area contributed by atoms with E-state index >= 15 is 0 Å². The molecule has 2 aliphatic rings. The van der Waals surface area contributed by atoms with E-state index in [2.05, 4.69) is 10.4 Å². The zero-order chi connectivity index (χ0) is 19.5. The molecule has 142 valence electrons. The summed E-state index contributed by atoms with van der Waals surface area (Å²) in [4.78, 5) is 12.4. The van der Waals surface area contributed by atoms with Gasteiger partial charge in [0.15, 0.2) is 0 Å². The molecule has 28 heavy (non-hydrogen) atoms. The number of hydrogen-bond acceptors (Lipinski definition) is 3. The second-order valence-corrected chi connectivity index (χ2v) is 7.51. The van der Waals surface area contributed by atoms with Crippen LogP contribution >= 0.6 is 0 Å². The van der Waals surface area contributed by atoms with Gasteiger partial charge in [0.1, 0.15) is 11.6 Å². The third-order valence-corrected chi connectivity index (χ3v) is 5.85. The normalized spacial score (nSPS) is 16.7. The van der Waals surface area contributed by atoms with Gasteiger partial charge in [0.2, 0.25) is 5.91 Å². The van der Waals surface area contributed by atoms with Crippen LogP contribution in [0.4, 0.5) is 20.2 Å². The van der Waals surface area contributed by atoms with Gasteiger partial charge in [-0.1, -0.05) is 12.5 Å². The van der Waals surface area contributed by atoms with Crippen LogP contribution in [0.5, 0.6) is 0 Å². The van der Waals surface area contributed by atoms with Crippen LogP contribution in [0.2, 0.25) is 0 Å². The molecule has 7 heteroatoms. The summed E-state index contributed by atoms with van der Waals surface area (Å²) in [5.74, 6) is -1.19. The molecule has 2 heterocycles. The number of rotatable bonds is 3. The highest BCUT2D eigenvalue weighted by Gasteiger charge is 2.51. The van der Waals surface area contributed by atoms with Crippen molar-refractivity contribution in [3.8, 4) is 11.3 Å². The topological polar surface area (TPSA) is 72.9 Å². The number of nitrogen functional groups attached to an aromatic ring is 1. The van der Waals surface area contributed by atoms with E-state index in [1.165, 1.54) is 12.1 Å². The predicted octanol–water partition coefficient (Wildman–Crippen LogP) is 3.83. The van der Waals surface area contributed by atoms with E-state index in [1.54, 1.807) is 16.9 Å². The number of anilines is 2. The first-order valence-electron chi connectivity index (χ1n) is 9.19. The van der Waals surface area contributed by atoms with Gasteiger partial charge in [-0.05, 0) is 42.7 Å². The molecule has 5 rings (SSSR count). The summed E-state index contributed by atoms with van der Waals surface area (Å²) in [6.07, 6.45) is 4.42. The zero-order valence-corrected chi connectivity index (χ0v) is 15.0. The smallest absolute Gasteiger partial charge is 0.235 e. The molecule has 0 atom stereocenters. The van der Waals surface area contributed by atoms with Crippen molar-refractivity contribution < 1.29 is 13.6 Å². The molecule has 0 saturated heterocycles. The van der Waals surface area contributed by atoms with Gasteiger partial charge in [-0.25, -0.2) is 8.78 Å². The maximum atomic E-state index is 13.9. The third kappa shape index (κ3) is 2.42. The van der Waals surface area contributed by atoms with Gasteiger partial charge in [0.05, 0.1) is 29.0 Å². The highest BCUT2D eigenvalue weighted by atomic mass is 19.1. The largest absolute Gasteiger partial charge is 0.397 e. The molecule has 0 radical (unpaired) electrons. The van der Waals surface area contributed by atoms with Crippen LogP contribution in [-0.4, -0.2) is 15.7 Å². The fraction of sp³-hybridized carbons (Fsp3) is 0.238. The van der Waals surface area contributed by atoms with Crippen molar-refractivity contribution >= 4 is 17.3 Å². The van der Waals surface area contributed by atoms with E-state index in [4.69, 9.17) is 5.73 Å². The number of nitrogens with one attached hydrogen (secondary N) is 1. The molecule has 2 aromatic carbocycles. The first kappa shape index (κ1) is 16.9. The Kier molecular flexibility index (Phi) is 3.56. The highest BCUT2D eigenvalue weighted by molar-refractivity contribution is 6.10. The number of halogens is 2. The van der Waals surface area contributed by atoms with Gasteiger partial charge in [-0.15, -0.1) is 0 Å². The fourth-order valence-electron chi connectivity index (χ4n) is 4.14. The minimum Gasteiger partial charge on any atom is -0.397 e. The Morgan fingerprint density at radius 1 is 1.18 bits per heavy atom. The van der Waals surface area contributed by atoms with Gasteiger partial charge in [0, 0.05) is 23.4 Å². The lowest BCUT2D eigenvalue weighted by atomic mass is 9.65. The molecule has 1 saturated carbocycles. The van der Waals surface area contributed by atoms with Crippen molar-refractivity contribution in [3.63, 3.8) is 0 Å². The Labute approximate surface area is 160 Å². The molecular weight excluding hydrogens is 362 g/mol. The van der Waals surface area contributed by atoms with Crippen molar-refractivity contribution in [2.24, 2.45) is 0 Å². The summed E-state index contributed by atoms with van der Waals surface area (Å²) in [5, 5.41) is 7.44. The number of benzene rings is 2. The van der Waals surface area contributed by atoms with Crippen molar-refractivity contribution in [1.82, 2.24) is 9.78 Å². The summed E-state index contributed by atoms with van der Waals surface area (Å²) in [6, 6.07) is 9.10. The molecule has 1 spiro atoms. The van der Waals surface area contributed by atoms with Crippen LogP contribution in [0.3, 0.4) is 0 Å². The van der Waals surface area contributed by atoms with Crippen molar-refractivity contribution in [3.05, 3.63) is 65.4 Å². The van der Waals surface area contributed by atoms with Crippen molar-refractivity contribution in [2.45, 2.75) is 31.2 Å². The molecule has 1 amide bonds. The standard InChI is InChI=1S/C21H18F2N4O/c22-14-3-2-12(16(23)10-14)11-27-7-4-18(26-27)13-8-15-19(17(24)9-13)25-20(28)21(15)5-1-6-21/h2-4,7-10H,1,5-6,11,24H2,(H,25,28). The Morgan fingerprint density at radius 3 is 2.71 bits per heavy atom.